The number of anilines is 1. The molecule has 1 aromatic heterocycles. The summed E-state index contributed by atoms with van der Waals surface area (Å²) in [6, 6.07) is -0.00717. The highest BCUT2D eigenvalue weighted by atomic mass is 32.1. The van der Waals surface area contributed by atoms with E-state index in [4.69, 9.17) is 0 Å². The fraction of sp³-hybridized carbons (Fsp3) is 0.708. The number of carbonyl (C=O) groups excluding carboxylic acids is 2. The SMILES string of the molecule is CC(C)NC(=O)c1c(NC(=O)[C@@H]2CCCC[C@@H]2C(=O)O)sc2c1CC[C@@H](C(C)(C)C)C2. The number of hydrogen-bond donors (Lipinski definition) is 3. The zero-order valence-electron chi connectivity index (χ0n) is 19.3. The molecule has 0 saturated heterocycles. The maximum Gasteiger partial charge on any atom is 0.307 e. The van der Waals surface area contributed by atoms with E-state index in [0.717, 1.165) is 37.7 Å². The van der Waals surface area contributed by atoms with Crippen LogP contribution in [-0.4, -0.2) is 28.9 Å². The fourth-order valence-corrected chi connectivity index (χ4v) is 6.26. The van der Waals surface area contributed by atoms with Crippen LogP contribution in [0.3, 0.4) is 0 Å². The Morgan fingerprint density at radius 1 is 1.06 bits per heavy atom. The minimum Gasteiger partial charge on any atom is -0.481 e. The third-order valence-electron chi connectivity index (χ3n) is 6.79. The summed E-state index contributed by atoms with van der Waals surface area (Å²) in [5.74, 6) is -2.00. The number of amides is 2. The second kappa shape index (κ2) is 9.31. The van der Waals surface area contributed by atoms with Gasteiger partial charge in [-0.05, 0) is 62.8 Å². The van der Waals surface area contributed by atoms with Crippen LogP contribution in [0, 0.1) is 23.2 Å². The molecule has 0 spiro atoms. The predicted octanol–water partition coefficient (Wildman–Crippen LogP) is 4.87. The molecule has 1 fully saturated rings. The summed E-state index contributed by atoms with van der Waals surface area (Å²) in [6.45, 7) is 10.6. The fourth-order valence-electron chi connectivity index (χ4n) is 4.93. The van der Waals surface area contributed by atoms with Crippen LogP contribution in [0.25, 0.3) is 0 Å². The van der Waals surface area contributed by atoms with Crippen molar-refractivity contribution in [1.29, 1.82) is 0 Å². The molecular weight excluding hydrogens is 412 g/mol. The van der Waals surface area contributed by atoms with Crippen LogP contribution in [0.1, 0.15) is 87.5 Å². The van der Waals surface area contributed by atoms with Crippen molar-refractivity contribution in [2.75, 3.05) is 5.32 Å². The van der Waals surface area contributed by atoms with Crippen molar-refractivity contribution in [2.45, 2.75) is 85.6 Å². The summed E-state index contributed by atoms with van der Waals surface area (Å²) in [6.07, 6.45) is 5.55. The number of aliphatic carboxylic acids is 1. The molecule has 31 heavy (non-hydrogen) atoms. The second-order valence-corrected chi connectivity index (χ2v) is 11.6. The molecule has 0 aliphatic heterocycles. The van der Waals surface area contributed by atoms with E-state index in [2.05, 4.69) is 31.4 Å². The quantitative estimate of drug-likeness (QED) is 0.599. The third-order valence-corrected chi connectivity index (χ3v) is 7.96. The van der Waals surface area contributed by atoms with Crippen molar-refractivity contribution in [1.82, 2.24) is 5.32 Å². The van der Waals surface area contributed by atoms with E-state index in [9.17, 15) is 19.5 Å². The second-order valence-electron chi connectivity index (χ2n) is 10.5. The first-order chi connectivity index (χ1) is 14.5. The molecule has 0 bridgehead atoms. The van der Waals surface area contributed by atoms with E-state index < -0.39 is 17.8 Å². The number of thiophene rings is 1. The lowest BCUT2D eigenvalue weighted by Crippen LogP contribution is -2.36. The largest absolute Gasteiger partial charge is 0.481 e. The molecule has 3 atom stereocenters. The van der Waals surface area contributed by atoms with E-state index in [-0.39, 0.29) is 23.3 Å². The van der Waals surface area contributed by atoms with Crippen LogP contribution >= 0.6 is 11.3 Å². The zero-order chi connectivity index (χ0) is 22.9. The summed E-state index contributed by atoms with van der Waals surface area (Å²) in [4.78, 5) is 39.0. The van der Waals surface area contributed by atoms with E-state index in [0.29, 0.717) is 29.3 Å². The normalized spacial score (nSPS) is 23.9. The molecule has 2 aliphatic carbocycles. The minimum atomic E-state index is -0.906. The van der Waals surface area contributed by atoms with Crippen molar-refractivity contribution in [3.63, 3.8) is 0 Å². The molecule has 2 amide bonds. The number of rotatable bonds is 5. The standard InChI is InChI=1S/C24H36N2O4S/c1-13(2)25-21(28)19-17-11-10-14(24(3,4)5)12-18(17)31-22(19)26-20(27)15-8-6-7-9-16(15)23(29)30/h13-16H,6-12H2,1-5H3,(H,25,28)(H,26,27)(H,29,30)/t14-,15-,16+/m1/s1. The number of hydrogen-bond acceptors (Lipinski definition) is 4. The molecule has 3 N–H and O–H groups in total. The Hall–Kier alpha value is -1.89. The van der Waals surface area contributed by atoms with E-state index in [1.54, 1.807) is 0 Å². The lowest BCUT2D eigenvalue weighted by molar-refractivity contribution is -0.147. The molecule has 1 heterocycles. The Morgan fingerprint density at radius 2 is 1.71 bits per heavy atom. The molecule has 0 radical (unpaired) electrons. The number of fused-ring (bicyclic) bond motifs is 1. The molecular formula is C24H36N2O4S. The number of carbonyl (C=O) groups is 3. The van der Waals surface area contributed by atoms with Gasteiger partial charge in [0.15, 0.2) is 0 Å². The van der Waals surface area contributed by atoms with Crippen LogP contribution < -0.4 is 10.6 Å². The Balaban J connectivity index is 1.91. The zero-order valence-corrected chi connectivity index (χ0v) is 20.2. The highest BCUT2D eigenvalue weighted by Gasteiger charge is 2.38. The summed E-state index contributed by atoms with van der Waals surface area (Å²) in [5.41, 5.74) is 1.82. The predicted molar refractivity (Wildman–Crippen MR) is 124 cm³/mol. The molecule has 1 aromatic rings. The molecule has 0 unspecified atom stereocenters. The molecule has 7 heteroatoms. The molecule has 6 nitrogen and oxygen atoms in total. The average Bonchev–Trinajstić information content (AvgIpc) is 3.03. The van der Waals surface area contributed by atoms with Gasteiger partial charge in [-0.3, -0.25) is 14.4 Å². The maximum absolute atomic E-state index is 13.1. The van der Waals surface area contributed by atoms with Gasteiger partial charge in [0, 0.05) is 10.9 Å². The van der Waals surface area contributed by atoms with Crippen LogP contribution in [0.5, 0.6) is 0 Å². The number of carboxylic acids is 1. The van der Waals surface area contributed by atoms with Crippen LogP contribution in [0.15, 0.2) is 0 Å². The average molecular weight is 449 g/mol. The first kappa shape index (κ1) is 23.8. The van der Waals surface area contributed by atoms with Gasteiger partial charge in [0.05, 0.1) is 17.4 Å². The third kappa shape index (κ3) is 5.30. The molecule has 1 saturated carbocycles. The van der Waals surface area contributed by atoms with Gasteiger partial charge in [0.25, 0.3) is 5.91 Å². The first-order valence-electron chi connectivity index (χ1n) is 11.5. The summed E-state index contributed by atoms with van der Waals surface area (Å²) >= 11 is 1.50. The lowest BCUT2D eigenvalue weighted by Gasteiger charge is -2.33. The van der Waals surface area contributed by atoms with Crippen LogP contribution in [0.4, 0.5) is 5.00 Å². The molecule has 3 rings (SSSR count). The van der Waals surface area contributed by atoms with E-state index in [1.807, 2.05) is 13.8 Å². The maximum atomic E-state index is 13.1. The van der Waals surface area contributed by atoms with Gasteiger partial charge in [-0.15, -0.1) is 11.3 Å². The monoisotopic (exact) mass is 448 g/mol. The van der Waals surface area contributed by atoms with E-state index in [1.165, 1.54) is 16.2 Å². The number of nitrogens with one attached hydrogen (secondary N) is 2. The van der Waals surface area contributed by atoms with Crippen molar-refractivity contribution < 1.29 is 19.5 Å². The number of carboxylic acid groups (broad SMARTS) is 1. The Labute approximate surface area is 189 Å². The lowest BCUT2D eigenvalue weighted by atomic mass is 9.72. The van der Waals surface area contributed by atoms with Gasteiger partial charge in [-0.25, -0.2) is 0 Å². The van der Waals surface area contributed by atoms with Gasteiger partial charge in [-0.2, -0.15) is 0 Å². The Kier molecular flexibility index (Phi) is 7.14. The van der Waals surface area contributed by atoms with Crippen LogP contribution in [0.2, 0.25) is 0 Å². The van der Waals surface area contributed by atoms with Crippen molar-refractivity contribution in [3.05, 3.63) is 16.0 Å². The summed E-state index contributed by atoms with van der Waals surface area (Å²) in [7, 11) is 0. The molecule has 2 aliphatic rings. The van der Waals surface area contributed by atoms with Gasteiger partial charge in [0.1, 0.15) is 5.00 Å². The summed E-state index contributed by atoms with van der Waals surface area (Å²) in [5, 5.41) is 16.1. The van der Waals surface area contributed by atoms with Crippen LogP contribution in [-0.2, 0) is 22.4 Å². The van der Waals surface area contributed by atoms with E-state index >= 15 is 0 Å². The highest BCUT2D eigenvalue weighted by Crippen LogP contribution is 2.44. The van der Waals surface area contributed by atoms with Crippen molar-refractivity contribution in [3.8, 4) is 0 Å². The Morgan fingerprint density at radius 3 is 2.29 bits per heavy atom. The first-order valence-corrected chi connectivity index (χ1v) is 12.3. The molecule has 172 valence electrons. The Bertz CT molecular complexity index is 852. The van der Waals surface area contributed by atoms with Gasteiger partial charge >= 0.3 is 5.97 Å². The van der Waals surface area contributed by atoms with Crippen molar-refractivity contribution in [2.24, 2.45) is 23.2 Å². The highest BCUT2D eigenvalue weighted by molar-refractivity contribution is 7.17. The van der Waals surface area contributed by atoms with Gasteiger partial charge < -0.3 is 15.7 Å². The smallest absolute Gasteiger partial charge is 0.307 e. The minimum absolute atomic E-state index is 0.00717. The summed E-state index contributed by atoms with van der Waals surface area (Å²) < 4.78 is 0. The van der Waals surface area contributed by atoms with Gasteiger partial charge in [-0.1, -0.05) is 33.6 Å². The molecule has 0 aromatic carbocycles. The van der Waals surface area contributed by atoms with Gasteiger partial charge in [0.2, 0.25) is 5.91 Å². The van der Waals surface area contributed by atoms with Crippen molar-refractivity contribution >= 4 is 34.1 Å². The topological polar surface area (TPSA) is 95.5 Å².